The molecule has 0 saturated heterocycles. The molecular formula is C20H20N2O5. The van der Waals surface area contributed by atoms with E-state index in [1.54, 1.807) is 24.3 Å². The topological polar surface area (TPSA) is 93.7 Å². The lowest BCUT2D eigenvalue weighted by molar-refractivity contribution is -0.138. The van der Waals surface area contributed by atoms with Crippen LogP contribution in [-0.4, -0.2) is 32.1 Å². The van der Waals surface area contributed by atoms with Gasteiger partial charge in [0.15, 0.2) is 0 Å². The third kappa shape index (κ3) is 6.00. The van der Waals surface area contributed by atoms with Crippen molar-refractivity contribution < 1.29 is 23.9 Å². The van der Waals surface area contributed by atoms with Gasteiger partial charge in [-0.25, -0.2) is 9.59 Å². The number of ether oxygens (including phenoxy) is 2. The molecule has 0 aliphatic carbocycles. The van der Waals surface area contributed by atoms with Crippen molar-refractivity contribution in [3.8, 4) is 0 Å². The Morgan fingerprint density at radius 3 is 2.19 bits per heavy atom. The van der Waals surface area contributed by atoms with E-state index in [0.29, 0.717) is 17.8 Å². The number of hydrogen-bond acceptors (Lipinski definition) is 6. The second kappa shape index (κ2) is 9.76. The van der Waals surface area contributed by atoms with Gasteiger partial charge in [0, 0.05) is 17.8 Å². The zero-order valence-corrected chi connectivity index (χ0v) is 15.0. The van der Waals surface area contributed by atoms with E-state index in [1.165, 1.54) is 14.2 Å². The molecule has 7 nitrogen and oxygen atoms in total. The molecule has 0 aliphatic heterocycles. The summed E-state index contributed by atoms with van der Waals surface area (Å²) in [5, 5.41) is 5.60. The Labute approximate surface area is 157 Å². The minimum atomic E-state index is -0.718. The molecule has 2 rings (SSSR count). The first-order valence-electron chi connectivity index (χ1n) is 8.10. The van der Waals surface area contributed by atoms with Crippen molar-refractivity contribution in [3.63, 3.8) is 0 Å². The molecule has 0 aromatic heterocycles. The summed E-state index contributed by atoms with van der Waals surface area (Å²) in [5.74, 6) is -1.63. The van der Waals surface area contributed by atoms with Crippen LogP contribution >= 0.6 is 0 Å². The highest BCUT2D eigenvalue weighted by Gasteiger charge is 2.13. The number of benzene rings is 2. The Kier molecular flexibility index (Phi) is 7.13. The van der Waals surface area contributed by atoms with Crippen LogP contribution in [0.4, 0.5) is 5.69 Å². The number of nitrogens with one attached hydrogen (secondary N) is 2. The molecule has 2 N–H and O–H groups in total. The Morgan fingerprint density at radius 1 is 0.926 bits per heavy atom. The third-order valence-corrected chi connectivity index (χ3v) is 3.59. The Bertz CT molecular complexity index is 829. The maximum atomic E-state index is 12.2. The normalized spacial score (nSPS) is 10.7. The zero-order valence-electron chi connectivity index (χ0n) is 15.0. The Morgan fingerprint density at radius 2 is 1.59 bits per heavy atom. The summed E-state index contributed by atoms with van der Waals surface area (Å²) in [6.45, 7) is 0.425. The largest absolute Gasteiger partial charge is 0.466 e. The lowest BCUT2D eigenvalue weighted by Gasteiger charge is -2.10. The van der Waals surface area contributed by atoms with Crippen molar-refractivity contribution in [2.45, 2.75) is 6.54 Å². The maximum absolute atomic E-state index is 12.2. The van der Waals surface area contributed by atoms with Crippen molar-refractivity contribution >= 4 is 23.5 Å². The number of carbonyl (C=O) groups is 3. The van der Waals surface area contributed by atoms with E-state index in [-0.39, 0.29) is 11.6 Å². The number of esters is 2. The number of hydrogen-bond donors (Lipinski definition) is 2. The molecule has 140 valence electrons. The lowest BCUT2D eigenvalue weighted by atomic mass is 10.1. The molecule has 0 saturated carbocycles. The molecular weight excluding hydrogens is 348 g/mol. The molecule has 7 heteroatoms. The average molecular weight is 368 g/mol. The van der Waals surface area contributed by atoms with Crippen LogP contribution in [0.5, 0.6) is 0 Å². The molecule has 0 radical (unpaired) electrons. The number of carbonyl (C=O) groups excluding carboxylic acids is 3. The number of anilines is 1. The fourth-order valence-corrected chi connectivity index (χ4v) is 2.17. The SMILES string of the molecule is COC(=O)/C=C(/Nc1ccc(C(=O)NCc2ccccc2)cc1)C(=O)OC. The fraction of sp³-hybridized carbons (Fsp3) is 0.150. The van der Waals surface area contributed by atoms with Crippen LogP contribution in [0.25, 0.3) is 0 Å². The lowest BCUT2D eigenvalue weighted by Crippen LogP contribution is -2.22. The monoisotopic (exact) mass is 368 g/mol. The highest BCUT2D eigenvalue weighted by atomic mass is 16.5. The van der Waals surface area contributed by atoms with Gasteiger partial charge in [-0.05, 0) is 29.8 Å². The predicted molar refractivity (Wildman–Crippen MR) is 99.8 cm³/mol. The molecule has 27 heavy (non-hydrogen) atoms. The molecule has 2 aromatic rings. The first-order valence-corrected chi connectivity index (χ1v) is 8.10. The molecule has 0 atom stereocenters. The quantitative estimate of drug-likeness (QED) is 0.575. The third-order valence-electron chi connectivity index (χ3n) is 3.59. The van der Waals surface area contributed by atoms with E-state index >= 15 is 0 Å². The van der Waals surface area contributed by atoms with Crippen molar-refractivity contribution in [2.75, 3.05) is 19.5 Å². The molecule has 0 heterocycles. The van der Waals surface area contributed by atoms with Crippen LogP contribution in [0.3, 0.4) is 0 Å². The van der Waals surface area contributed by atoms with Crippen LogP contribution < -0.4 is 10.6 Å². The zero-order chi connectivity index (χ0) is 19.6. The van der Waals surface area contributed by atoms with Gasteiger partial charge in [0.1, 0.15) is 5.70 Å². The van der Waals surface area contributed by atoms with Crippen molar-refractivity contribution in [2.24, 2.45) is 0 Å². The molecule has 1 amide bonds. The minimum absolute atomic E-state index is 0.0781. The van der Waals surface area contributed by atoms with Gasteiger partial charge in [0.2, 0.25) is 0 Å². The maximum Gasteiger partial charge on any atom is 0.354 e. The molecule has 0 spiro atoms. The highest BCUT2D eigenvalue weighted by molar-refractivity contribution is 5.99. The average Bonchev–Trinajstić information content (AvgIpc) is 2.72. The van der Waals surface area contributed by atoms with Gasteiger partial charge in [-0.1, -0.05) is 30.3 Å². The Balaban J connectivity index is 2.02. The van der Waals surface area contributed by atoms with Crippen LogP contribution in [0.15, 0.2) is 66.4 Å². The van der Waals surface area contributed by atoms with Gasteiger partial charge in [-0.2, -0.15) is 0 Å². The molecule has 0 bridgehead atoms. The van der Waals surface area contributed by atoms with E-state index in [9.17, 15) is 14.4 Å². The Hall–Kier alpha value is -3.61. The summed E-state index contributed by atoms with van der Waals surface area (Å²) >= 11 is 0. The summed E-state index contributed by atoms with van der Waals surface area (Å²) in [4.78, 5) is 35.3. The second-order valence-corrected chi connectivity index (χ2v) is 5.44. The van der Waals surface area contributed by atoms with Crippen LogP contribution in [0.2, 0.25) is 0 Å². The van der Waals surface area contributed by atoms with Crippen molar-refractivity contribution in [1.29, 1.82) is 0 Å². The van der Waals surface area contributed by atoms with E-state index in [2.05, 4.69) is 20.1 Å². The number of amides is 1. The summed E-state index contributed by atoms with van der Waals surface area (Å²) in [7, 11) is 2.41. The standard InChI is InChI=1S/C20H20N2O5/c1-26-18(23)12-17(20(25)27-2)22-16-10-8-15(9-11-16)19(24)21-13-14-6-4-3-5-7-14/h3-12,22H,13H2,1-2H3,(H,21,24)/b17-12+. The van der Waals surface area contributed by atoms with Gasteiger partial charge in [-0.15, -0.1) is 0 Å². The molecule has 0 aliphatic rings. The van der Waals surface area contributed by atoms with Gasteiger partial charge >= 0.3 is 11.9 Å². The van der Waals surface area contributed by atoms with Crippen molar-refractivity contribution in [3.05, 3.63) is 77.5 Å². The molecule has 2 aromatic carbocycles. The fourth-order valence-electron chi connectivity index (χ4n) is 2.17. The molecule has 0 unspecified atom stereocenters. The number of methoxy groups -OCH3 is 2. The molecule has 0 fully saturated rings. The first kappa shape index (κ1) is 19.7. The number of rotatable bonds is 7. The van der Waals surface area contributed by atoms with Crippen LogP contribution in [0, 0.1) is 0 Å². The summed E-state index contributed by atoms with van der Waals surface area (Å²) in [6.07, 6.45) is 0.992. The summed E-state index contributed by atoms with van der Waals surface area (Å²) < 4.78 is 9.14. The minimum Gasteiger partial charge on any atom is -0.466 e. The smallest absolute Gasteiger partial charge is 0.354 e. The first-order chi connectivity index (χ1) is 13.0. The van der Waals surface area contributed by atoms with E-state index in [0.717, 1.165) is 11.6 Å². The predicted octanol–water partition coefficient (Wildman–Crippen LogP) is 2.26. The second-order valence-electron chi connectivity index (χ2n) is 5.44. The van der Waals surface area contributed by atoms with Gasteiger partial charge < -0.3 is 20.1 Å². The van der Waals surface area contributed by atoms with Crippen LogP contribution in [-0.2, 0) is 25.6 Å². The van der Waals surface area contributed by atoms with E-state index in [4.69, 9.17) is 0 Å². The van der Waals surface area contributed by atoms with Crippen molar-refractivity contribution in [1.82, 2.24) is 5.32 Å². The van der Waals surface area contributed by atoms with Gasteiger partial charge in [0.25, 0.3) is 5.91 Å². The highest BCUT2D eigenvalue weighted by Crippen LogP contribution is 2.13. The summed E-state index contributed by atoms with van der Waals surface area (Å²) in [5.41, 5.74) is 1.90. The van der Waals surface area contributed by atoms with Gasteiger partial charge in [-0.3, -0.25) is 4.79 Å². The van der Waals surface area contributed by atoms with E-state index in [1.807, 2.05) is 30.3 Å². The van der Waals surface area contributed by atoms with Gasteiger partial charge in [0.05, 0.1) is 20.3 Å². The summed E-state index contributed by atoms with van der Waals surface area (Å²) in [6, 6.07) is 16.0. The van der Waals surface area contributed by atoms with E-state index < -0.39 is 11.9 Å². The van der Waals surface area contributed by atoms with Crippen LogP contribution in [0.1, 0.15) is 15.9 Å².